The lowest BCUT2D eigenvalue weighted by atomic mass is 9.94. The van der Waals surface area contributed by atoms with Gasteiger partial charge >= 0.3 is 0 Å². The summed E-state index contributed by atoms with van der Waals surface area (Å²) in [4.78, 5) is 15.3. The number of amides is 1. The minimum atomic E-state index is -0.579. The van der Waals surface area contributed by atoms with Crippen molar-refractivity contribution in [2.45, 2.75) is 19.3 Å². The second kappa shape index (κ2) is 5.72. The first-order valence-corrected chi connectivity index (χ1v) is 5.87. The summed E-state index contributed by atoms with van der Waals surface area (Å²) < 4.78 is 12.8. The molecule has 1 saturated heterocycles. The van der Waals surface area contributed by atoms with Crippen molar-refractivity contribution in [2.24, 2.45) is 5.92 Å². The number of anilines is 1. The van der Waals surface area contributed by atoms with Gasteiger partial charge in [-0.05, 0) is 44.0 Å². The largest absolute Gasteiger partial charge is 0.317 e. The number of nitrogens with one attached hydrogen (secondary N) is 2. The van der Waals surface area contributed by atoms with Crippen LogP contribution in [0.25, 0.3) is 0 Å². The lowest BCUT2D eigenvalue weighted by molar-refractivity contribution is -0.117. The zero-order valence-corrected chi connectivity index (χ0v) is 9.58. The number of carbonyl (C=O) groups is 1. The molecule has 17 heavy (non-hydrogen) atoms. The van der Waals surface area contributed by atoms with Gasteiger partial charge in [0.25, 0.3) is 0 Å². The van der Waals surface area contributed by atoms with Crippen LogP contribution >= 0.6 is 0 Å². The molecule has 1 amide bonds. The Morgan fingerprint density at radius 2 is 2.24 bits per heavy atom. The molecule has 0 saturated carbocycles. The standard InChI is InChI=1S/C12H16FN3O/c13-10-2-1-3-11(15-10)16-12(17)8-9-4-6-14-7-5-9/h1-3,9,14H,4-8H2,(H,15,16,17). The molecule has 2 rings (SSSR count). The molecule has 1 aliphatic heterocycles. The lowest BCUT2D eigenvalue weighted by Gasteiger charge is -2.21. The molecule has 2 N–H and O–H groups in total. The smallest absolute Gasteiger partial charge is 0.225 e. The predicted octanol–water partition coefficient (Wildman–Crippen LogP) is 1.55. The van der Waals surface area contributed by atoms with Crippen LogP contribution in [0.2, 0.25) is 0 Å². The summed E-state index contributed by atoms with van der Waals surface area (Å²) in [6.45, 7) is 1.94. The Morgan fingerprint density at radius 1 is 1.47 bits per heavy atom. The van der Waals surface area contributed by atoms with Crippen LogP contribution in [0.1, 0.15) is 19.3 Å². The van der Waals surface area contributed by atoms with E-state index in [2.05, 4.69) is 15.6 Å². The van der Waals surface area contributed by atoms with Gasteiger partial charge in [-0.3, -0.25) is 4.79 Å². The molecule has 1 aromatic heterocycles. The van der Waals surface area contributed by atoms with Crippen LogP contribution in [-0.2, 0) is 4.79 Å². The first-order valence-electron chi connectivity index (χ1n) is 5.87. The van der Waals surface area contributed by atoms with Crippen LogP contribution in [0.5, 0.6) is 0 Å². The Morgan fingerprint density at radius 3 is 2.94 bits per heavy atom. The number of pyridine rings is 1. The zero-order chi connectivity index (χ0) is 12.1. The molecule has 1 fully saturated rings. The molecule has 4 nitrogen and oxygen atoms in total. The third-order valence-electron chi connectivity index (χ3n) is 2.92. The van der Waals surface area contributed by atoms with Gasteiger partial charge < -0.3 is 10.6 Å². The molecule has 0 aliphatic carbocycles. The molecule has 0 atom stereocenters. The van der Waals surface area contributed by atoms with Gasteiger partial charge in [0.2, 0.25) is 11.9 Å². The van der Waals surface area contributed by atoms with Gasteiger partial charge in [-0.2, -0.15) is 4.39 Å². The highest BCUT2D eigenvalue weighted by atomic mass is 19.1. The van der Waals surface area contributed by atoms with E-state index in [1.807, 2.05) is 0 Å². The number of piperidine rings is 1. The molecule has 0 radical (unpaired) electrons. The summed E-state index contributed by atoms with van der Waals surface area (Å²) in [5.41, 5.74) is 0. The maximum atomic E-state index is 12.8. The van der Waals surface area contributed by atoms with E-state index in [1.165, 1.54) is 12.1 Å². The highest BCUT2D eigenvalue weighted by Gasteiger charge is 2.16. The fourth-order valence-electron chi connectivity index (χ4n) is 2.02. The number of rotatable bonds is 3. The molecule has 5 heteroatoms. The van der Waals surface area contributed by atoms with E-state index in [1.54, 1.807) is 6.07 Å². The van der Waals surface area contributed by atoms with E-state index >= 15 is 0 Å². The average molecular weight is 237 g/mol. The summed E-state index contributed by atoms with van der Waals surface area (Å²) in [7, 11) is 0. The van der Waals surface area contributed by atoms with E-state index in [0.29, 0.717) is 12.3 Å². The Labute approximate surface area is 99.6 Å². The van der Waals surface area contributed by atoms with E-state index in [4.69, 9.17) is 0 Å². The van der Waals surface area contributed by atoms with Gasteiger partial charge in [0.05, 0.1) is 0 Å². The summed E-state index contributed by atoms with van der Waals surface area (Å²) in [6, 6.07) is 4.37. The van der Waals surface area contributed by atoms with Crippen LogP contribution in [0.3, 0.4) is 0 Å². The molecular weight excluding hydrogens is 221 g/mol. The molecule has 2 heterocycles. The van der Waals surface area contributed by atoms with Gasteiger partial charge in [0, 0.05) is 6.42 Å². The summed E-state index contributed by atoms with van der Waals surface area (Å²) in [5.74, 6) is 0.0356. The highest BCUT2D eigenvalue weighted by Crippen LogP contribution is 2.16. The maximum absolute atomic E-state index is 12.8. The van der Waals surface area contributed by atoms with Crippen LogP contribution in [-0.4, -0.2) is 24.0 Å². The molecule has 0 unspecified atom stereocenters. The Balaban J connectivity index is 1.84. The second-order valence-corrected chi connectivity index (χ2v) is 4.29. The van der Waals surface area contributed by atoms with E-state index in [0.717, 1.165) is 25.9 Å². The fourth-order valence-corrected chi connectivity index (χ4v) is 2.02. The Bertz CT molecular complexity index is 391. The third kappa shape index (κ3) is 3.78. The van der Waals surface area contributed by atoms with Crippen molar-refractivity contribution in [1.29, 1.82) is 0 Å². The summed E-state index contributed by atoms with van der Waals surface area (Å²) in [6.07, 6.45) is 2.52. The number of aromatic nitrogens is 1. The van der Waals surface area contributed by atoms with Crippen molar-refractivity contribution in [2.75, 3.05) is 18.4 Å². The second-order valence-electron chi connectivity index (χ2n) is 4.29. The number of hydrogen-bond acceptors (Lipinski definition) is 3. The molecule has 0 bridgehead atoms. The van der Waals surface area contributed by atoms with Crippen molar-refractivity contribution < 1.29 is 9.18 Å². The van der Waals surface area contributed by atoms with E-state index < -0.39 is 5.95 Å². The monoisotopic (exact) mass is 237 g/mol. The molecule has 1 aromatic rings. The Kier molecular flexibility index (Phi) is 4.03. The van der Waals surface area contributed by atoms with Crippen LogP contribution < -0.4 is 10.6 Å². The number of nitrogens with zero attached hydrogens (tertiary/aromatic N) is 1. The molecule has 92 valence electrons. The van der Waals surface area contributed by atoms with Crippen LogP contribution in [0.4, 0.5) is 10.2 Å². The SMILES string of the molecule is O=C(CC1CCNCC1)Nc1cccc(F)n1. The van der Waals surface area contributed by atoms with Gasteiger partial charge in [-0.1, -0.05) is 6.07 Å². The van der Waals surface area contributed by atoms with Gasteiger partial charge in [-0.15, -0.1) is 0 Å². The van der Waals surface area contributed by atoms with E-state index in [9.17, 15) is 9.18 Å². The maximum Gasteiger partial charge on any atom is 0.225 e. The average Bonchev–Trinajstić information content (AvgIpc) is 2.30. The number of carbonyl (C=O) groups excluding carboxylic acids is 1. The summed E-state index contributed by atoms with van der Waals surface area (Å²) in [5, 5.41) is 5.87. The van der Waals surface area contributed by atoms with Gasteiger partial charge in [-0.25, -0.2) is 4.98 Å². The first-order chi connectivity index (χ1) is 8.24. The minimum absolute atomic E-state index is 0.0880. The van der Waals surface area contributed by atoms with Gasteiger partial charge in [0.1, 0.15) is 5.82 Å². The van der Waals surface area contributed by atoms with Crippen molar-refractivity contribution in [3.63, 3.8) is 0 Å². The molecule has 0 aromatic carbocycles. The molecule has 1 aliphatic rings. The van der Waals surface area contributed by atoms with Crippen LogP contribution in [0.15, 0.2) is 18.2 Å². The summed E-state index contributed by atoms with van der Waals surface area (Å²) >= 11 is 0. The highest BCUT2D eigenvalue weighted by molar-refractivity contribution is 5.89. The predicted molar refractivity (Wildman–Crippen MR) is 63.0 cm³/mol. The van der Waals surface area contributed by atoms with Crippen molar-refractivity contribution in [3.05, 3.63) is 24.1 Å². The quantitative estimate of drug-likeness (QED) is 0.784. The van der Waals surface area contributed by atoms with Gasteiger partial charge in [0.15, 0.2) is 0 Å². The van der Waals surface area contributed by atoms with Crippen molar-refractivity contribution in [3.8, 4) is 0 Å². The van der Waals surface area contributed by atoms with Crippen molar-refractivity contribution in [1.82, 2.24) is 10.3 Å². The fraction of sp³-hybridized carbons (Fsp3) is 0.500. The topological polar surface area (TPSA) is 54.0 Å². The third-order valence-corrected chi connectivity index (χ3v) is 2.92. The molecule has 0 spiro atoms. The number of halogens is 1. The zero-order valence-electron chi connectivity index (χ0n) is 9.58. The number of hydrogen-bond donors (Lipinski definition) is 2. The van der Waals surface area contributed by atoms with E-state index in [-0.39, 0.29) is 11.7 Å². The Hall–Kier alpha value is -1.49. The molecular formula is C12H16FN3O. The minimum Gasteiger partial charge on any atom is -0.317 e. The van der Waals surface area contributed by atoms with Crippen molar-refractivity contribution >= 4 is 11.7 Å². The normalized spacial score (nSPS) is 16.8. The lowest BCUT2D eigenvalue weighted by Crippen LogP contribution is -2.30. The first kappa shape index (κ1) is 12.0. The van der Waals surface area contributed by atoms with Crippen LogP contribution in [0, 0.1) is 11.9 Å².